The lowest BCUT2D eigenvalue weighted by Crippen LogP contribution is -2.26. The number of amides is 1. The van der Waals surface area contributed by atoms with E-state index in [0.29, 0.717) is 6.54 Å². The number of nitrogens with one attached hydrogen (secondary N) is 1. The summed E-state index contributed by atoms with van der Waals surface area (Å²) in [4.78, 5) is 10.9. The van der Waals surface area contributed by atoms with Gasteiger partial charge in [-0.05, 0) is 35.0 Å². The van der Waals surface area contributed by atoms with Crippen molar-refractivity contribution in [3.05, 3.63) is 29.6 Å². The maximum Gasteiger partial charge on any atom is 0.222 e. The number of rotatable bonds is 4. The first-order chi connectivity index (χ1) is 7.66. The van der Waals surface area contributed by atoms with Crippen molar-refractivity contribution in [2.24, 2.45) is 11.7 Å². The Balaban J connectivity index is 2.06. The lowest BCUT2D eigenvalue weighted by molar-refractivity contribution is -0.120. The van der Waals surface area contributed by atoms with E-state index in [0.717, 1.165) is 5.69 Å². The second kappa shape index (κ2) is 4.53. The summed E-state index contributed by atoms with van der Waals surface area (Å²) >= 11 is 1.72. The van der Waals surface area contributed by atoms with Gasteiger partial charge in [-0.2, -0.15) is 0 Å². The zero-order valence-corrected chi connectivity index (χ0v) is 9.88. The number of hydrogen-bond donors (Lipinski definition) is 2. The fourth-order valence-corrected chi connectivity index (χ4v) is 2.22. The Hall–Kier alpha value is -1.55. The molecule has 1 heterocycles. The molecule has 1 unspecified atom stereocenters. The third kappa shape index (κ3) is 2.33. The van der Waals surface area contributed by atoms with Gasteiger partial charge in [0.2, 0.25) is 5.91 Å². The van der Waals surface area contributed by atoms with Gasteiger partial charge < -0.3 is 11.1 Å². The van der Waals surface area contributed by atoms with Crippen molar-refractivity contribution in [3.8, 4) is 0 Å². The lowest BCUT2D eigenvalue weighted by Gasteiger charge is -2.10. The van der Waals surface area contributed by atoms with Crippen LogP contribution in [0.5, 0.6) is 0 Å². The number of carbonyl (C=O) groups excluding carboxylic acids is 1. The predicted octanol–water partition coefficient (Wildman–Crippen LogP) is 2.43. The molecule has 3 N–H and O–H groups in total. The Kier molecular flexibility index (Phi) is 3.10. The minimum atomic E-state index is -0.274. The minimum absolute atomic E-state index is 0.154. The molecule has 0 fully saturated rings. The van der Waals surface area contributed by atoms with Crippen LogP contribution in [0.25, 0.3) is 10.1 Å². The molecule has 1 amide bonds. The summed E-state index contributed by atoms with van der Waals surface area (Å²) < 4.78 is 1.27. The summed E-state index contributed by atoms with van der Waals surface area (Å²) in [5.74, 6) is -0.428. The van der Waals surface area contributed by atoms with Crippen molar-refractivity contribution >= 4 is 33.0 Å². The van der Waals surface area contributed by atoms with E-state index in [1.807, 2.05) is 13.0 Å². The number of nitrogens with two attached hydrogens (primary N) is 1. The molecule has 4 heteroatoms. The van der Waals surface area contributed by atoms with Gasteiger partial charge in [0, 0.05) is 16.9 Å². The highest BCUT2D eigenvalue weighted by Crippen LogP contribution is 2.23. The maximum absolute atomic E-state index is 10.9. The van der Waals surface area contributed by atoms with Gasteiger partial charge >= 0.3 is 0 Å². The number of primary amides is 1. The van der Waals surface area contributed by atoms with Crippen LogP contribution < -0.4 is 11.1 Å². The van der Waals surface area contributed by atoms with Gasteiger partial charge in [0.25, 0.3) is 0 Å². The van der Waals surface area contributed by atoms with Gasteiger partial charge in [-0.25, -0.2) is 0 Å². The molecule has 84 valence electrons. The van der Waals surface area contributed by atoms with Gasteiger partial charge in [0.05, 0.1) is 5.92 Å². The minimum Gasteiger partial charge on any atom is -0.384 e. The Bertz CT molecular complexity index is 506. The summed E-state index contributed by atoms with van der Waals surface area (Å²) in [5, 5.41) is 6.51. The SMILES string of the molecule is CC(CNc1ccc2sccc2c1)C(N)=O. The molecule has 0 radical (unpaired) electrons. The monoisotopic (exact) mass is 234 g/mol. The smallest absolute Gasteiger partial charge is 0.222 e. The van der Waals surface area contributed by atoms with E-state index in [1.165, 1.54) is 10.1 Å². The average molecular weight is 234 g/mol. The first-order valence-corrected chi connectivity index (χ1v) is 6.05. The Labute approximate surface area is 98.3 Å². The fourth-order valence-electron chi connectivity index (χ4n) is 1.45. The van der Waals surface area contributed by atoms with Crippen LogP contribution in [0.15, 0.2) is 29.6 Å². The first-order valence-electron chi connectivity index (χ1n) is 5.17. The van der Waals surface area contributed by atoms with Gasteiger partial charge in [-0.15, -0.1) is 11.3 Å². The van der Waals surface area contributed by atoms with Crippen LogP contribution in [0.3, 0.4) is 0 Å². The summed E-state index contributed by atoms with van der Waals surface area (Å²) in [6.07, 6.45) is 0. The Morgan fingerprint density at radius 3 is 3.06 bits per heavy atom. The normalized spacial score (nSPS) is 12.6. The zero-order chi connectivity index (χ0) is 11.5. The number of benzene rings is 1. The molecular formula is C12H14N2OS. The zero-order valence-electron chi connectivity index (χ0n) is 9.07. The third-order valence-corrected chi connectivity index (χ3v) is 3.45. The quantitative estimate of drug-likeness (QED) is 0.853. The molecule has 0 aliphatic rings. The van der Waals surface area contributed by atoms with Crippen molar-refractivity contribution in [2.75, 3.05) is 11.9 Å². The van der Waals surface area contributed by atoms with Gasteiger partial charge in [0.1, 0.15) is 0 Å². The van der Waals surface area contributed by atoms with E-state index in [9.17, 15) is 4.79 Å². The number of fused-ring (bicyclic) bond motifs is 1. The van der Waals surface area contributed by atoms with Crippen molar-refractivity contribution in [2.45, 2.75) is 6.92 Å². The number of carbonyl (C=O) groups is 1. The summed E-state index contributed by atoms with van der Waals surface area (Å²) in [6.45, 7) is 2.39. The molecule has 0 saturated heterocycles. The molecule has 2 aromatic rings. The first kappa shape index (κ1) is 11.0. The molecule has 0 spiro atoms. The van der Waals surface area contributed by atoms with Crippen molar-refractivity contribution < 1.29 is 4.79 Å². The van der Waals surface area contributed by atoms with E-state index in [-0.39, 0.29) is 11.8 Å². The Morgan fingerprint density at radius 2 is 2.31 bits per heavy atom. The maximum atomic E-state index is 10.9. The fraction of sp³-hybridized carbons (Fsp3) is 0.250. The standard InChI is InChI=1S/C12H14N2OS/c1-8(12(13)15)7-14-10-2-3-11-9(6-10)4-5-16-11/h2-6,8,14H,7H2,1H3,(H2,13,15). The van der Waals surface area contributed by atoms with Crippen LogP contribution in [-0.2, 0) is 4.79 Å². The van der Waals surface area contributed by atoms with E-state index in [1.54, 1.807) is 11.3 Å². The van der Waals surface area contributed by atoms with Crippen LogP contribution in [0.2, 0.25) is 0 Å². The summed E-state index contributed by atoms with van der Waals surface area (Å²) in [6, 6.07) is 8.27. The van der Waals surface area contributed by atoms with Crippen molar-refractivity contribution in [1.82, 2.24) is 0 Å². The van der Waals surface area contributed by atoms with Crippen molar-refractivity contribution in [3.63, 3.8) is 0 Å². The van der Waals surface area contributed by atoms with Crippen LogP contribution in [0, 0.1) is 5.92 Å². The average Bonchev–Trinajstić information content (AvgIpc) is 2.72. The molecule has 3 nitrogen and oxygen atoms in total. The molecule has 0 aliphatic carbocycles. The third-order valence-electron chi connectivity index (χ3n) is 2.55. The molecule has 16 heavy (non-hydrogen) atoms. The van der Waals surface area contributed by atoms with Gasteiger partial charge in [-0.1, -0.05) is 6.92 Å². The summed E-state index contributed by atoms with van der Waals surface area (Å²) in [5.41, 5.74) is 6.22. The van der Waals surface area contributed by atoms with E-state index >= 15 is 0 Å². The second-order valence-corrected chi connectivity index (χ2v) is 4.81. The van der Waals surface area contributed by atoms with E-state index < -0.39 is 0 Å². The van der Waals surface area contributed by atoms with Crippen LogP contribution in [-0.4, -0.2) is 12.5 Å². The van der Waals surface area contributed by atoms with Gasteiger partial charge in [-0.3, -0.25) is 4.79 Å². The van der Waals surface area contributed by atoms with Crippen molar-refractivity contribution in [1.29, 1.82) is 0 Å². The molecule has 1 aromatic heterocycles. The molecule has 1 atom stereocenters. The molecule has 0 aliphatic heterocycles. The molecule has 0 saturated carbocycles. The highest BCUT2D eigenvalue weighted by atomic mass is 32.1. The number of anilines is 1. The van der Waals surface area contributed by atoms with Crippen LogP contribution in [0.1, 0.15) is 6.92 Å². The second-order valence-electron chi connectivity index (χ2n) is 3.86. The highest BCUT2D eigenvalue weighted by Gasteiger charge is 2.07. The number of hydrogen-bond acceptors (Lipinski definition) is 3. The van der Waals surface area contributed by atoms with Gasteiger partial charge in [0.15, 0.2) is 0 Å². The van der Waals surface area contributed by atoms with Crippen LogP contribution >= 0.6 is 11.3 Å². The summed E-state index contributed by atoms with van der Waals surface area (Å²) in [7, 11) is 0. The molecule has 1 aromatic carbocycles. The topological polar surface area (TPSA) is 55.1 Å². The molecule has 0 bridgehead atoms. The van der Waals surface area contributed by atoms with Crippen LogP contribution in [0.4, 0.5) is 5.69 Å². The predicted molar refractivity (Wildman–Crippen MR) is 68.7 cm³/mol. The Morgan fingerprint density at radius 1 is 1.50 bits per heavy atom. The lowest BCUT2D eigenvalue weighted by atomic mass is 10.1. The largest absolute Gasteiger partial charge is 0.384 e. The number of thiophene rings is 1. The highest BCUT2D eigenvalue weighted by molar-refractivity contribution is 7.17. The van der Waals surface area contributed by atoms with E-state index in [2.05, 4.69) is 28.9 Å². The molecular weight excluding hydrogens is 220 g/mol. The van der Waals surface area contributed by atoms with E-state index in [4.69, 9.17) is 5.73 Å². The molecule has 2 rings (SSSR count).